The van der Waals surface area contributed by atoms with E-state index in [-0.39, 0.29) is 0 Å². The van der Waals surface area contributed by atoms with Crippen LogP contribution in [0.15, 0.2) is 0 Å². The maximum absolute atomic E-state index is 5.28. The second-order valence-corrected chi connectivity index (χ2v) is 3.84. The molecule has 0 saturated heterocycles. The van der Waals surface area contributed by atoms with E-state index in [1.54, 1.807) is 0 Å². The minimum absolute atomic E-state index is 0.801. The lowest BCUT2D eigenvalue weighted by molar-refractivity contribution is 0.143. The molecule has 0 aromatic heterocycles. The van der Waals surface area contributed by atoms with Crippen LogP contribution in [0.1, 0.15) is 45.4 Å². The summed E-state index contributed by atoms with van der Waals surface area (Å²) in [6.45, 7) is 4.94. The van der Waals surface area contributed by atoms with Gasteiger partial charge in [0.25, 0.3) is 0 Å². The molecule has 1 saturated carbocycles. The Balaban J connectivity index is 1.86. The van der Waals surface area contributed by atoms with Crippen molar-refractivity contribution in [2.45, 2.75) is 51.5 Å². The van der Waals surface area contributed by atoms with Crippen molar-refractivity contribution in [3.8, 4) is 0 Å². The zero-order chi connectivity index (χ0) is 9.36. The highest BCUT2D eigenvalue weighted by Gasteiger charge is 2.11. The van der Waals surface area contributed by atoms with E-state index in [1.807, 2.05) is 0 Å². The van der Waals surface area contributed by atoms with Crippen LogP contribution in [0.25, 0.3) is 0 Å². The molecule has 2 nitrogen and oxygen atoms in total. The third kappa shape index (κ3) is 5.27. The van der Waals surface area contributed by atoms with E-state index in [9.17, 15) is 0 Å². The SMILES string of the molecule is CCOCCCNC1CCCCC1. The van der Waals surface area contributed by atoms with E-state index < -0.39 is 0 Å². The molecular weight excluding hydrogens is 162 g/mol. The zero-order valence-corrected chi connectivity index (χ0v) is 8.85. The highest BCUT2D eigenvalue weighted by molar-refractivity contribution is 4.71. The topological polar surface area (TPSA) is 21.3 Å². The minimum atomic E-state index is 0.801. The Bertz CT molecular complexity index is 111. The molecular formula is C11H23NO. The largest absolute Gasteiger partial charge is 0.382 e. The summed E-state index contributed by atoms with van der Waals surface area (Å²) in [4.78, 5) is 0. The molecule has 13 heavy (non-hydrogen) atoms. The van der Waals surface area contributed by atoms with Crippen molar-refractivity contribution in [3.63, 3.8) is 0 Å². The maximum Gasteiger partial charge on any atom is 0.0477 e. The van der Waals surface area contributed by atoms with E-state index in [0.717, 1.165) is 32.2 Å². The first-order chi connectivity index (χ1) is 6.43. The van der Waals surface area contributed by atoms with Crippen molar-refractivity contribution in [1.82, 2.24) is 5.32 Å². The van der Waals surface area contributed by atoms with Crippen LogP contribution in [-0.4, -0.2) is 25.8 Å². The average molecular weight is 185 g/mol. The predicted octanol–water partition coefficient (Wildman–Crippen LogP) is 2.34. The molecule has 1 N–H and O–H groups in total. The molecule has 0 amide bonds. The molecule has 78 valence electrons. The summed E-state index contributed by atoms with van der Waals surface area (Å²) in [6.07, 6.45) is 8.21. The number of rotatable bonds is 6. The van der Waals surface area contributed by atoms with Gasteiger partial charge in [-0.2, -0.15) is 0 Å². The second kappa shape index (κ2) is 7.34. The fourth-order valence-electron chi connectivity index (χ4n) is 1.93. The van der Waals surface area contributed by atoms with Gasteiger partial charge in [0.2, 0.25) is 0 Å². The Morgan fingerprint density at radius 1 is 1.23 bits per heavy atom. The smallest absolute Gasteiger partial charge is 0.0477 e. The van der Waals surface area contributed by atoms with Crippen LogP contribution in [0.5, 0.6) is 0 Å². The van der Waals surface area contributed by atoms with Crippen LogP contribution < -0.4 is 5.32 Å². The van der Waals surface area contributed by atoms with Crippen molar-refractivity contribution in [1.29, 1.82) is 0 Å². The molecule has 0 heterocycles. The Morgan fingerprint density at radius 2 is 2.00 bits per heavy atom. The molecule has 0 unspecified atom stereocenters. The molecule has 0 spiro atoms. The Kier molecular flexibility index (Phi) is 6.21. The van der Waals surface area contributed by atoms with Crippen LogP contribution in [0.4, 0.5) is 0 Å². The number of hydrogen-bond acceptors (Lipinski definition) is 2. The van der Waals surface area contributed by atoms with Crippen molar-refractivity contribution >= 4 is 0 Å². The average Bonchev–Trinajstić information content (AvgIpc) is 2.19. The van der Waals surface area contributed by atoms with Crippen LogP contribution in [0.3, 0.4) is 0 Å². The highest BCUT2D eigenvalue weighted by Crippen LogP contribution is 2.16. The fourth-order valence-corrected chi connectivity index (χ4v) is 1.93. The molecule has 0 bridgehead atoms. The van der Waals surface area contributed by atoms with Crippen LogP contribution in [0, 0.1) is 0 Å². The van der Waals surface area contributed by atoms with Crippen LogP contribution in [-0.2, 0) is 4.74 Å². The van der Waals surface area contributed by atoms with Crippen molar-refractivity contribution in [3.05, 3.63) is 0 Å². The third-order valence-electron chi connectivity index (χ3n) is 2.71. The molecule has 0 aliphatic heterocycles. The Hall–Kier alpha value is -0.0800. The van der Waals surface area contributed by atoms with E-state index in [1.165, 1.54) is 32.1 Å². The molecule has 1 aliphatic rings. The van der Waals surface area contributed by atoms with Gasteiger partial charge in [-0.1, -0.05) is 19.3 Å². The maximum atomic E-state index is 5.28. The zero-order valence-electron chi connectivity index (χ0n) is 8.85. The summed E-state index contributed by atoms with van der Waals surface area (Å²) in [5.74, 6) is 0. The normalized spacial score (nSPS) is 19.2. The lowest BCUT2D eigenvalue weighted by Gasteiger charge is -2.22. The predicted molar refractivity (Wildman–Crippen MR) is 56.0 cm³/mol. The van der Waals surface area contributed by atoms with Crippen LogP contribution >= 0.6 is 0 Å². The summed E-state index contributed by atoms with van der Waals surface area (Å²) in [6, 6.07) is 0.801. The molecule has 1 rings (SSSR count). The summed E-state index contributed by atoms with van der Waals surface area (Å²) in [5, 5.41) is 3.60. The first-order valence-electron chi connectivity index (χ1n) is 5.74. The van der Waals surface area contributed by atoms with E-state index in [4.69, 9.17) is 4.74 Å². The molecule has 2 heteroatoms. The Labute approximate surface area is 82.0 Å². The van der Waals surface area contributed by atoms with Crippen molar-refractivity contribution < 1.29 is 4.74 Å². The molecule has 0 aromatic carbocycles. The van der Waals surface area contributed by atoms with Gasteiger partial charge in [0.1, 0.15) is 0 Å². The highest BCUT2D eigenvalue weighted by atomic mass is 16.5. The summed E-state index contributed by atoms with van der Waals surface area (Å²) in [5.41, 5.74) is 0. The Morgan fingerprint density at radius 3 is 2.69 bits per heavy atom. The van der Waals surface area contributed by atoms with Gasteiger partial charge in [-0.25, -0.2) is 0 Å². The quantitative estimate of drug-likeness (QED) is 0.641. The molecule has 0 radical (unpaired) electrons. The molecule has 0 aromatic rings. The van der Waals surface area contributed by atoms with Crippen LogP contribution in [0.2, 0.25) is 0 Å². The van der Waals surface area contributed by atoms with Gasteiger partial charge in [-0.15, -0.1) is 0 Å². The first kappa shape index (κ1) is 11.0. The van der Waals surface area contributed by atoms with Gasteiger partial charge in [-0.05, 0) is 32.7 Å². The number of ether oxygens (including phenoxy) is 1. The molecule has 1 aliphatic carbocycles. The molecule has 1 fully saturated rings. The first-order valence-corrected chi connectivity index (χ1v) is 5.74. The van der Waals surface area contributed by atoms with Gasteiger partial charge in [0, 0.05) is 19.3 Å². The monoisotopic (exact) mass is 185 g/mol. The minimum Gasteiger partial charge on any atom is -0.382 e. The summed E-state index contributed by atoms with van der Waals surface area (Å²) >= 11 is 0. The van der Waals surface area contributed by atoms with Crippen molar-refractivity contribution in [2.24, 2.45) is 0 Å². The van der Waals surface area contributed by atoms with E-state index >= 15 is 0 Å². The number of hydrogen-bond donors (Lipinski definition) is 1. The summed E-state index contributed by atoms with van der Waals surface area (Å²) in [7, 11) is 0. The lowest BCUT2D eigenvalue weighted by atomic mass is 9.95. The van der Waals surface area contributed by atoms with Gasteiger partial charge in [0.15, 0.2) is 0 Å². The van der Waals surface area contributed by atoms with Crippen molar-refractivity contribution in [2.75, 3.05) is 19.8 Å². The van der Waals surface area contributed by atoms with Gasteiger partial charge in [0.05, 0.1) is 0 Å². The molecule has 0 atom stereocenters. The summed E-state index contributed by atoms with van der Waals surface area (Å²) < 4.78 is 5.28. The van der Waals surface area contributed by atoms with E-state index in [0.29, 0.717) is 0 Å². The number of nitrogens with one attached hydrogen (secondary N) is 1. The van der Waals surface area contributed by atoms with E-state index in [2.05, 4.69) is 12.2 Å². The fraction of sp³-hybridized carbons (Fsp3) is 1.00. The third-order valence-corrected chi connectivity index (χ3v) is 2.71. The van der Waals surface area contributed by atoms with Gasteiger partial charge >= 0.3 is 0 Å². The standard InChI is InChI=1S/C11H23NO/c1-2-13-10-6-9-12-11-7-4-3-5-8-11/h11-12H,2-10H2,1H3. The second-order valence-electron chi connectivity index (χ2n) is 3.84. The lowest BCUT2D eigenvalue weighted by Crippen LogP contribution is -2.32. The van der Waals surface area contributed by atoms with Gasteiger partial charge < -0.3 is 10.1 Å². The van der Waals surface area contributed by atoms with Gasteiger partial charge in [-0.3, -0.25) is 0 Å².